The quantitative estimate of drug-likeness (QED) is 0.442. The Morgan fingerprint density at radius 3 is 1.82 bits per heavy atom. The van der Waals surface area contributed by atoms with Crippen molar-refractivity contribution in [3.05, 3.63) is 12.7 Å². The van der Waals surface area contributed by atoms with Gasteiger partial charge < -0.3 is 20.4 Å². The Balaban J connectivity index is 3.22. The van der Waals surface area contributed by atoms with Crippen LogP contribution in [0.3, 0.4) is 0 Å². The molecular formula is C9H16N4O4. The van der Waals surface area contributed by atoms with Crippen molar-refractivity contribution in [1.82, 2.24) is 15.0 Å². The molecule has 0 saturated heterocycles. The summed E-state index contributed by atoms with van der Waals surface area (Å²) in [6.45, 7) is 1.19. The van der Waals surface area contributed by atoms with Gasteiger partial charge in [0.15, 0.2) is 11.4 Å². The van der Waals surface area contributed by atoms with Crippen LogP contribution in [0.25, 0.3) is 0 Å². The molecule has 0 spiro atoms. The van der Waals surface area contributed by atoms with Crippen molar-refractivity contribution in [1.29, 1.82) is 0 Å². The van der Waals surface area contributed by atoms with Gasteiger partial charge in [-0.05, 0) is 13.8 Å². The first kappa shape index (κ1) is 13.7. The third kappa shape index (κ3) is 2.86. The van der Waals surface area contributed by atoms with Gasteiger partial charge in [0.05, 0.1) is 13.2 Å². The molecule has 0 amide bonds. The Kier molecular flexibility index (Phi) is 3.94. The van der Waals surface area contributed by atoms with Gasteiger partial charge in [-0.3, -0.25) is 4.90 Å². The van der Waals surface area contributed by atoms with Crippen molar-refractivity contribution < 1.29 is 20.4 Å². The first-order valence-corrected chi connectivity index (χ1v) is 4.94. The van der Waals surface area contributed by atoms with Gasteiger partial charge in [0, 0.05) is 0 Å². The van der Waals surface area contributed by atoms with E-state index in [1.807, 2.05) is 0 Å². The summed E-state index contributed by atoms with van der Waals surface area (Å²) in [6.07, 6.45) is 2.35. The fraction of sp³-hybridized carbons (Fsp3) is 0.667. The van der Waals surface area contributed by atoms with Crippen molar-refractivity contribution in [3.8, 4) is 0 Å². The molecule has 1 rings (SSSR count). The minimum Gasteiger partial charge on any atom is -0.391 e. The fourth-order valence-electron chi connectivity index (χ4n) is 1.44. The zero-order valence-corrected chi connectivity index (χ0v) is 9.65. The zero-order valence-electron chi connectivity index (χ0n) is 9.65. The lowest BCUT2D eigenvalue weighted by Crippen LogP contribution is -2.62. The fourth-order valence-corrected chi connectivity index (χ4v) is 1.44. The van der Waals surface area contributed by atoms with Crippen molar-refractivity contribution in [2.24, 2.45) is 0 Å². The third-order valence-electron chi connectivity index (χ3n) is 2.24. The van der Waals surface area contributed by atoms with E-state index in [1.165, 1.54) is 26.5 Å². The second-order valence-corrected chi connectivity index (χ2v) is 4.02. The summed E-state index contributed by atoms with van der Waals surface area (Å²) in [6, 6.07) is 0. The molecule has 17 heavy (non-hydrogen) atoms. The Morgan fingerprint density at radius 1 is 1.06 bits per heavy atom. The van der Waals surface area contributed by atoms with Gasteiger partial charge in [0.2, 0.25) is 5.95 Å². The van der Waals surface area contributed by atoms with Crippen molar-refractivity contribution in [2.75, 3.05) is 18.1 Å². The molecule has 4 N–H and O–H groups in total. The lowest BCUT2D eigenvalue weighted by Gasteiger charge is -2.44. The van der Waals surface area contributed by atoms with Gasteiger partial charge in [-0.1, -0.05) is 0 Å². The van der Waals surface area contributed by atoms with Crippen LogP contribution >= 0.6 is 0 Å². The van der Waals surface area contributed by atoms with Crippen LogP contribution in [0.1, 0.15) is 13.8 Å². The highest BCUT2D eigenvalue weighted by molar-refractivity contribution is 5.35. The Bertz CT molecular complexity index is 341. The van der Waals surface area contributed by atoms with Gasteiger partial charge in [0.25, 0.3) is 0 Å². The molecule has 2 atom stereocenters. The smallest absolute Gasteiger partial charge is 0.233 e. The predicted octanol–water partition coefficient (Wildman–Crippen LogP) is -1.92. The summed E-state index contributed by atoms with van der Waals surface area (Å²) in [4.78, 5) is 12.1. The predicted molar refractivity (Wildman–Crippen MR) is 57.7 cm³/mol. The number of nitrogens with zero attached hydrogens (tertiary/aromatic N) is 4. The molecule has 0 aliphatic heterocycles. The molecule has 2 unspecified atom stereocenters. The van der Waals surface area contributed by atoms with E-state index in [4.69, 9.17) is 10.2 Å². The Morgan fingerprint density at radius 2 is 1.47 bits per heavy atom. The number of hydrogen-bond donors (Lipinski definition) is 4. The minimum absolute atomic E-state index is 0.0573. The number of hydrogen-bond acceptors (Lipinski definition) is 8. The van der Waals surface area contributed by atoms with E-state index >= 15 is 0 Å². The zero-order chi connectivity index (χ0) is 13.1. The number of aromatic nitrogens is 3. The molecular weight excluding hydrogens is 228 g/mol. The van der Waals surface area contributed by atoms with E-state index in [-0.39, 0.29) is 5.95 Å². The average molecular weight is 244 g/mol. The van der Waals surface area contributed by atoms with Crippen molar-refractivity contribution in [3.63, 3.8) is 0 Å². The van der Waals surface area contributed by atoms with Crippen LogP contribution < -0.4 is 4.90 Å². The second-order valence-electron chi connectivity index (χ2n) is 4.02. The standard InChI is InChI=1S/C9H16N4O4/c1-8(16,3-14)13(9(2,17)4-15)7-11-5-10-6-12-7/h5-6,14-17H,3-4H2,1-2H3. The van der Waals surface area contributed by atoms with E-state index in [0.29, 0.717) is 0 Å². The summed E-state index contributed by atoms with van der Waals surface area (Å²) in [5, 5.41) is 38.3. The molecule has 0 aliphatic carbocycles. The topological polar surface area (TPSA) is 123 Å². The molecule has 0 fully saturated rings. The molecule has 1 aromatic heterocycles. The number of anilines is 1. The summed E-state index contributed by atoms with van der Waals surface area (Å²) in [7, 11) is 0. The first-order chi connectivity index (χ1) is 7.85. The van der Waals surface area contributed by atoms with Gasteiger partial charge in [0.1, 0.15) is 12.7 Å². The molecule has 0 aliphatic rings. The summed E-state index contributed by atoms with van der Waals surface area (Å²) in [5.74, 6) is -0.0573. The second kappa shape index (κ2) is 4.88. The maximum absolute atomic E-state index is 10.0. The highest BCUT2D eigenvalue weighted by Gasteiger charge is 2.42. The van der Waals surface area contributed by atoms with E-state index in [9.17, 15) is 10.2 Å². The Labute approximate surface area is 98.2 Å². The normalized spacial score (nSPS) is 18.2. The number of rotatable bonds is 5. The van der Waals surface area contributed by atoms with Crippen molar-refractivity contribution >= 4 is 5.95 Å². The molecule has 0 bridgehead atoms. The maximum Gasteiger partial charge on any atom is 0.233 e. The third-order valence-corrected chi connectivity index (χ3v) is 2.24. The molecule has 8 heteroatoms. The molecule has 96 valence electrons. The number of aliphatic hydroxyl groups excluding tert-OH is 2. The molecule has 1 aromatic rings. The van der Waals surface area contributed by atoms with Crippen LogP contribution in [-0.4, -0.2) is 60.0 Å². The summed E-state index contributed by atoms with van der Waals surface area (Å²) >= 11 is 0. The monoisotopic (exact) mass is 244 g/mol. The summed E-state index contributed by atoms with van der Waals surface area (Å²) in [5.41, 5.74) is -3.65. The lowest BCUT2D eigenvalue weighted by atomic mass is 10.1. The van der Waals surface area contributed by atoms with E-state index in [0.717, 1.165) is 4.90 Å². The largest absolute Gasteiger partial charge is 0.391 e. The van der Waals surface area contributed by atoms with E-state index < -0.39 is 24.7 Å². The van der Waals surface area contributed by atoms with Crippen LogP contribution in [0, 0.1) is 0 Å². The maximum atomic E-state index is 10.0. The molecule has 0 aromatic carbocycles. The average Bonchev–Trinajstić information content (AvgIpc) is 2.30. The molecule has 8 nitrogen and oxygen atoms in total. The summed E-state index contributed by atoms with van der Waals surface area (Å²) < 4.78 is 0. The highest BCUT2D eigenvalue weighted by Crippen LogP contribution is 2.25. The number of aliphatic hydroxyl groups is 4. The highest BCUT2D eigenvalue weighted by atomic mass is 16.4. The van der Waals surface area contributed by atoms with E-state index in [1.54, 1.807) is 0 Å². The van der Waals surface area contributed by atoms with Crippen LogP contribution in [-0.2, 0) is 0 Å². The molecule has 1 heterocycles. The van der Waals surface area contributed by atoms with Gasteiger partial charge in [-0.15, -0.1) is 0 Å². The lowest BCUT2D eigenvalue weighted by molar-refractivity contribution is -0.0867. The van der Waals surface area contributed by atoms with Crippen LogP contribution in [0.2, 0.25) is 0 Å². The van der Waals surface area contributed by atoms with Gasteiger partial charge in [-0.25, -0.2) is 15.0 Å². The van der Waals surface area contributed by atoms with Gasteiger partial charge >= 0.3 is 0 Å². The molecule has 0 saturated carbocycles. The molecule has 0 radical (unpaired) electrons. The van der Waals surface area contributed by atoms with E-state index in [2.05, 4.69) is 15.0 Å². The van der Waals surface area contributed by atoms with Crippen LogP contribution in [0.5, 0.6) is 0 Å². The Hall–Kier alpha value is -1.35. The van der Waals surface area contributed by atoms with Crippen LogP contribution in [0.15, 0.2) is 12.7 Å². The van der Waals surface area contributed by atoms with Crippen LogP contribution in [0.4, 0.5) is 5.95 Å². The SMILES string of the molecule is CC(O)(CO)N(c1ncncn1)C(C)(O)CO. The first-order valence-electron chi connectivity index (χ1n) is 4.94. The van der Waals surface area contributed by atoms with Gasteiger partial charge in [-0.2, -0.15) is 0 Å². The van der Waals surface area contributed by atoms with Crippen molar-refractivity contribution in [2.45, 2.75) is 25.3 Å². The minimum atomic E-state index is -1.83.